The molecular weight excluding hydrogens is 484 g/mol. The summed E-state index contributed by atoms with van der Waals surface area (Å²) in [6.45, 7) is 8.06. The summed E-state index contributed by atoms with van der Waals surface area (Å²) in [5.74, 6) is -0.848. The molecule has 0 saturated carbocycles. The van der Waals surface area contributed by atoms with Gasteiger partial charge >= 0.3 is 0 Å². The molecule has 3 aromatic rings. The van der Waals surface area contributed by atoms with E-state index in [2.05, 4.69) is 10.00 Å². The monoisotopic (exact) mass is 516 g/mol. The number of Topliss-reactive ketones (excluding diaryl/α,β-unsaturated/α-hetero) is 1. The van der Waals surface area contributed by atoms with E-state index in [1.54, 1.807) is 9.58 Å². The molecule has 2 aliphatic rings. The number of hydrogen-bond acceptors (Lipinski definition) is 7. The zero-order valence-corrected chi connectivity index (χ0v) is 21.7. The molecule has 1 aromatic heterocycles. The molecule has 3 heterocycles. The maximum atomic E-state index is 13.4. The zero-order valence-electron chi connectivity index (χ0n) is 21.7. The lowest BCUT2D eigenvalue weighted by atomic mass is 9.95. The van der Waals surface area contributed by atoms with Gasteiger partial charge in [-0.2, -0.15) is 5.10 Å². The van der Waals surface area contributed by atoms with Crippen molar-refractivity contribution in [2.45, 2.75) is 19.9 Å². The number of nitrogens with zero attached hydrogens (tertiary/aromatic N) is 4. The average Bonchev–Trinajstić information content (AvgIpc) is 3.45. The minimum atomic E-state index is -0.730. The number of para-hydroxylation sites is 1. The topological polar surface area (TPSA) is 97.1 Å². The van der Waals surface area contributed by atoms with Crippen LogP contribution in [0.2, 0.25) is 0 Å². The number of aliphatic hydroxyl groups is 1. The van der Waals surface area contributed by atoms with E-state index in [-0.39, 0.29) is 11.3 Å². The first-order valence-corrected chi connectivity index (χ1v) is 12.9. The van der Waals surface area contributed by atoms with Gasteiger partial charge in [-0.05, 0) is 43.7 Å². The second-order valence-corrected chi connectivity index (χ2v) is 9.34. The van der Waals surface area contributed by atoms with Crippen LogP contribution in [-0.2, 0) is 14.3 Å². The highest BCUT2D eigenvalue weighted by Gasteiger charge is 2.46. The van der Waals surface area contributed by atoms with Gasteiger partial charge in [0.2, 0.25) is 0 Å². The molecule has 2 fully saturated rings. The molecule has 0 spiro atoms. The zero-order chi connectivity index (χ0) is 26.6. The highest BCUT2D eigenvalue weighted by atomic mass is 16.5. The fraction of sp³-hybridized carbons (Fsp3) is 0.345. The van der Waals surface area contributed by atoms with Crippen molar-refractivity contribution in [2.24, 2.45) is 0 Å². The molecule has 2 aliphatic heterocycles. The molecule has 5 rings (SSSR count). The van der Waals surface area contributed by atoms with Crippen molar-refractivity contribution < 1.29 is 24.2 Å². The number of carbonyl (C=O) groups excluding carboxylic acids is 2. The molecule has 1 atom stereocenters. The van der Waals surface area contributed by atoms with E-state index in [1.807, 2.05) is 68.4 Å². The first-order valence-electron chi connectivity index (χ1n) is 12.9. The second kappa shape index (κ2) is 11.2. The number of carbonyl (C=O) groups is 2. The number of likely N-dealkylation sites (tertiary alicyclic amines) is 1. The molecule has 2 aromatic carbocycles. The van der Waals surface area contributed by atoms with Crippen LogP contribution >= 0.6 is 0 Å². The molecule has 1 amide bonds. The first kappa shape index (κ1) is 25.7. The van der Waals surface area contributed by atoms with Crippen molar-refractivity contribution in [2.75, 3.05) is 46.0 Å². The number of morpholine rings is 1. The summed E-state index contributed by atoms with van der Waals surface area (Å²) in [5.41, 5.74) is 2.70. The molecule has 0 aliphatic carbocycles. The van der Waals surface area contributed by atoms with E-state index in [0.29, 0.717) is 49.9 Å². The summed E-state index contributed by atoms with van der Waals surface area (Å²) in [7, 11) is 0. The predicted molar refractivity (Wildman–Crippen MR) is 142 cm³/mol. The summed E-state index contributed by atoms with van der Waals surface area (Å²) in [5, 5.41) is 16.0. The highest BCUT2D eigenvalue weighted by Crippen LogP contribution is 2.40. The minimum Gasteiger partial charge on any atom is -0.507 e. The van der Waals surface area contributed by atoms with Gasteiger partial charge in [0.05, 0.1) is 54.6 Å². The second-order valence-electron chi connectivity index (χ2n) is 9.34. The molecule has 0 bridgehead atoms. The van der Waals surface area contributed by atoms with Crippen LogP contribution < -0.4 is 4.74 Å². The Balaban J connectivity index is 1.54. The van der Waals surface area contributed by atoms with Gasteiger partial charge in [-0.25, -0.2) is 4.68 Å². The van der Waals surface area contributed by atoms with Gasteiger partial charge in [-0.15, -0.1) is 0 Å². The third-order valence-electron chi connectivity index (χ3n) is 7.07. The Labute approximate surface area is 221 Å². The molecule has 38 heavy (non-hydrogen) atoms. The van der Waals surface area contributed by atoms with Crippen LogP contribution in [0, 0.1) is 6.92 Å². The molecule has 9 nitrogen and oxygen atoms in total. The summed E-state index contributed by atoms with van der Waals surface area (Å²) in [6, 6.07) is 16.1. The van der Waals surface area contributed by atoms with Crippen molar-refractivity contribution in [3.63, 3.8) is 0 Å². The van der Waals surface area contributed by atoms with Crippen molar-refractivity contribution in [3.8, 4) is 11.4 Å². The minimum absolute atomic E-state index is 0.0665. The summed E-state index contributed by atoms with van der Waals surface area (Å²) < 4.78 is 12.7. The van der Waals surface area contributed by atoms with Crippen molar-refractivity contribution in [3.05, 3.63) is 83.2 Å². The van der Waals surface area contributed by atoms with Crippen molar-refractivity contribution in [1.82, 2.24) is 19.6 Å². The van der Waals surface area contributed by atoms with Crippen LogP contribution in [0.3, 0.4) is 0 Å². The van der Waals surface area contributed by atoms with E-state index in [0.717, 1.165) is 24.3 Å². The van der Waals surface area contributed by atoms with E-state index in [4.69, 9.17) is 9.47 Å². The largest absolute Gasteiger partial charge is 0.507 e. The molecule has 0 unspecified atom stereocenters. The van der Waals surface area contributed by atoms with Gasteiger partial charge < -0.3 is 19.5 Å². The van der Waals surface area contributed by atoms with Crippen LogP contribution in [-0.4, -0.2) is 82.4 Å². The van der Waals surface area contributed by atoms with Gasteiger partial charge in [0.25, 0.3) is 11.7 Å². The van der Waals surface area contributed by atoms with E-state index in [9.17, 15) is 14.7 Å². The number of aromatic nitrogens is 2. The number of ether oxygens (including phenoxy) is 2. The van der Waals surface area contributed by atoms with E-state index in [1.165, 1.54) is 6.20 Å². The van der Waals surface area contributed by atoms with Gasteiger partial charge in [-0.3, -0.25) is 14.5 Å². The molecular formula is C29H32N4O5. The Morgan fingerprint density at radius 3 is 2.45 bits per heavy atom. The highest BCUT2D eigenvalue weighted by molar-refractivity contribution is 6.46. The normalized spacial score (nSPS) is 19.7. The molecule has 198 valence electrons. The number of aliphatic hydroxyl groups excluding tert-OH is 1. The summed E-state index contributed by atoms with van der Waals surface area (Å²) in [4.78, 5) is 30.5. The van der Waals surface area contributed by atoms with Gasteiger partial charge in [0.15, 0.2) is 0 Å². The van der Waals surface area contributed by atoms with Crippen LogP contribution in [0.5, 0.6) is 5.75 Å². The lowest BCUT2D eigenvalue weighted by Gasteiger charge is -2.31. The Kier molecular flexibility index (Phi) is 7.57. The number of benzene rings is 2. The maximum Gasteiger partial charge on any atom is 0.295 e. The number of amides is 1. The quantitative estimate of drug-likeness (QED) is 0.279. The van der Waals surface area contributed by atoms with Crippen molar-refractivity contribution >= 4 is 17.4 Å². The molecule has 9 heteroatoms. The van der Waals surface area contributed by atoms with Crippen LogP contribution in [0.25, 0.3) is 11.4 Å². The van der Waals surface area contributed by atoms with Crippen LogP contribution in [0.15, 0.2) is 66.4 Å². The van der Waals surface area contributed by atoms with Gasteiger partial charge in [-0.1, -0.05) is 30.3 Å². The number of ketones is 1. The van der Waals surface area contributed by atoms with E-state index < -0.39 is 17.7 Å². The number of rotatable bonds is 8. The molecule has 0 radical (unpaired) electrons. The lowest BCUT2D eigenvalue weighted by molar-refractivity contribution is -0.140. The first-order chi connectivity index (χ1) is 18.5. The third kappa shape index (κ3) is 4.94. The average molecular weight is 517 g/mol. The van der Waals surface area contributed by atoms with Crippen molar-refractivity contribution in [1.29, 1.82) is 0 Å². The number of hydrogen-bond donors (Lipinski definition) is 1. The fourth-order valence-electron chi connectivity index (χ4n) is 5.06. The van der Waals surface area contributed by atoms with Gasteiger partial charge in [0.1, 0.15) is 11.5 Å². The Morgan fingerprint density at radius 2 is 1.76 bits per heavy atom. The molecule has 1 N–H and O–H groups in total. The predicted octanol–water partition coefficient (Wildman–Crippen LogP) is 3.33. The smallest absolute Gasteiger partial charge is 0.295 e. The van der Waals surface area contributed by atoms with Gasteiger partial charge in [0, 0.05) is 26.2 Å². The molecule has 2 saturated heterocycles. The van der Waals surface area contributed by atoms with Crippen LogP contribution in [0.4, 0.5) is 0 Å². The standard InChI is InChI=1S/C29H32N4O5/c1-3-38-23-11-9-21(10-12-23)26-25(28(35)29(36)32(26)14-13-31-15-17-37-18-16-31)27(34)24-19-30-33(20(24)2)22-7-5-4-6-8-22/h4-12,19,26,34H,3,13-18H2,1-2H3/b27-25+/t26-/m1/s1. The Morgan fingerprint density at radius 1 is 1.05 bits per heavy atom. The SMILES string of the molecule is CCOc1ccc([C@@H]2/C(=C(\O)c3cnn(-c4ccccc4)c3C)C(=O)C(=O)N2CCN2CCOCC2)cc1. The third-order valence-corrected chi connectivity index (χ3v) is 7.07. The Bertz CT molecular complexity index is 1330. The van der Waals surface area contributed by atoms with Crippen LogP contribution in [0.1, 0.15) is 29.8 Å². The van der Waals surface area contributed by atoms with E-state index >= 15 is 0 Å². The summed E-state index contributed by atoms with van der Waals surface area (Å²) >= 11 is 0. The lowest BCUT2D eigenvalue weighted by Crippen LogP contribution is -2.42. The Hall–Kier alpha value is -3.95. The maximum absolute atomic E-state index is 13.4. The summed E-state index contributed by atoms with van der Waals surface area (Å²) in [6.07, 6.45) is 1.54. The fourth-order valence-corrected chi connectivity index (χ4v) is 5.06.